The van der Waals surface area contributed by atoms with E-state index in [9.17, 15) is 4.79 Å². The number of hydrogen-bond donors (Lipinski definition) is 0. The molecule has 3 atom stereocenters. The van der Waals surface area contributed by atoms with Gasteiger partial charge >= 0.3 is 0 Å². The van der Waals surface area contributed by atoms with Crippen LogP contribution in [0.4, 0.5) is 0 Å². The molecule has 0 spiro atoms. The van der Waals surface area contributed by atoms with Crippen molar-refractivity contribution in [3.8, 4) is 5.75 Å². The molecule has 4 nitrogen and oxygen atoms in total. The normalized spacial score (nSPS) is 22.4. The van der Waals surface area contributed by atoms with Gasteiger partial charge in [0.05, 0.1) is 22.1 Å². The lowest BCUT2D eigenvalue weighted by Gasteiger charge is -2.49. The molecule has 4 aromatic carbocycles. The fourth-order valence-corrected chi connectivity index (χ4v) is 6.79. The number of ether oxygens (including phenoxy) is 1. The molecule has 1 aliphatic heterocycles. The third-order valence-electron chi connectivity index (χ3n) is 8.63. The van der Waals surface area contributed by atoms with Gasteiger partial charge in [-0.25, -0.2) is 9.97 Å². The molecular weight excluding hydrogens is 456 g/mol. The molecule has 0 saturated heterocycles. The van der Waals surface area contributed by atoms with Crippen molar-refractivity contribution in [1.82, 2.24) is 9.97 Å². The van der Waals surface area contributed by atoms with E-state index in [-0.39, 0.29) is 11.4 Å². The van der Waals surface area contributed by atoms with Gasteiger partial charge in [0, 0.05) is 33.4 Å². The quantitative estimate of drug-likeness (QED) is 0.145. The minimum absolute atomic E-state index is 0.00522. The van der Waals surface area contributed by atoms with Crippen LogP contribution in [0.25, 0.3) is 32.8 Å². The van der Waals surface area contributed by atoms with E-state index >= 15 is 0 Å². The van der Waals surface area contributed by atoms with Crippen LogP contribution >= 0.6 is 0 Å². The van der Waals surface area contributed by atoms with E-state index in [0.717, 1.165) is 45.0 Å². The molecule has 7 rings (SSSR count). The minimum atomic E-state index is -0.231. The van der Waals surface area contributed by atoms with Gasteiger partial charge in [-0.2, -0.15) is 0 Å². The van der Waals surface area contributed by atoms with Crippen LogP contribution in [-0.4, -0.2) is 21.4 Å². The Hall–Kier alpha value is -3.79. The summed E-state index contributed by atoms with van der Waals surface area (Å²) in [6, 6.07) is 23.5. The Balaban J connectivity index is 1.50. The van der Waals surface area contributed by atoms with E-state index in [1.807, 2.05) is 48.5 Å². The summed E-state index contributed by atoms with van der Waals surface area (Å²) in [6.07, 6.45) is 3.54. The zero-order valence-electron chi connectivity index (χ0n) is 21.5. The summed E-state index contributed by atoms with van der Waals surface area (Å²) < 4.78 is 6.84. The van der Waals surface area contributed by atoms with Gasteiger partial charge < -0.3 is 4.74 Å². The Kier molecular flexibility index (Phi) is 4.91. The minimum Gasteiger partial charge on any atom is -0.487 e. The molecule has 1 saturated carbocycles. The Labute approximate surface area is 216 Å². The number of fused-ring (bicyclic) bond motifs is 9. The fourth-order valence-electron chi connectivity index (χ4n) is 6.79. The van der Waals surface area contributed by atoms with Gasteiger partial charge in [0.15, 0.2) is 5.78 Å². The Morgan fingerprint density at radius 3 is 2.38 bits per heavy atom. The molecule has 3 unspecified atom stereocenters. The Morgan fingerprint density at radius 2 is 1.57 bits per heavy atom. The predicted octanol–water partition coefficient (Wildman–Crippen LogP) is 7.86. The highest BCUT2D eigenvalue weighted by atomic mass is 16.5. The summed E-state index contributed by atoms with van der Waals surface area (Å²) >= 11 is 0. The van der Waals surface area contributed by atoms with Gasteiger partial charge in [0.1, 0.15) is 11.4 Å². The topological polar surface area (TPSA) is 52.1 Å². The maximum Gasteiger partial charge on any atom is 0.193 e. The molecule has 37 heavy (non-hydrogen) atoms. The van der Waals surface area contributed by atoms with Crippen molar-refractivity contribution in [3.05, 3.63) is 89.5 Å². The monoisotopic (exact) mass is 486 g/mol. The Bertz CT molecular complexity index is 1710. The number of carbonyl (C=O) groups is 1. The predicted molar refractivity (Wildman–Crippen MR) is 148 cm³/mol. The third kappa shape index (κ3) is 3.46. The molecule has 1 aliphatic carbocycles. The van der Waals surface area contributed by atoms with Crippen LogP contribution in [0.15, 0.2) is 72.8 Å². The number of aromatic nitrogens is 2. The summed E-state index contributed by atoms with van der Waals surface area (Å²) in [4.78, 5) is 23.5. The lowest BCUT2D eigenvalue weighted by atomic mass is 9.64. The van der Waals surface area contributed by atoms with Gasteiger partial charge in [-0.15, -0.1) is 0 Å². The second-order valence-corrected chi connectivity index (χ2v) is 11.4. The van der Waals surface area contributed by atoms with Crippen LogP contribution in [0.5, 0.6) is 5.75 Å². The van der Waals surface area contributed by atoms with Crippen LogP contribution in [-0.2, 0) is 0 Å². The maximum absolute atomic E-state index is 13.1. The van der Waals surface area contributed by atoms with Gasteiger partial charge in [0.2, 0.25) is 0 Å². The molecule has 1 fully saturated rings. The third-order valence-corrected chi connectivity index (χ3v) is 8.63. The van der Waals surface area contributed by atoms with Gasteiger partial charge in [-0.05, 0) is 56.7 Å². The van der Waals surface area contributed by atoms with E-state index < -0.39 is 0 Å². The number of nitrogens with zero attached hydrogens (tertiary/aromatic N) is 2. The summed E-state index contributed by atoms with van der Waals surface area (Å²) in [5.41, 5.74) is 5.68. The lowest BCUT2D eigenvalue weighted by Crippen LogP contribution is -2.46. The summed E-state index contributed by atoms with van der Waals surface area (Å²) in [6.45, 7) is 6.87. The van der Waals surface area contributed by atoms with Crippen LogP contribution in [0.1, 0.15) is 67.4 Å². The van der Waals surface area contributed by atoms with Crippen molar-refractivity contribution in [2.45, 2.75) is 51.6 Å². The highest BCUT2D eigenvalue weighted by Gasteiger charge is 2.47. The first kappa shape index (κ1) is 22.4. The molecular formula is C33H30N2O2. The van der Waals surface area contributed by atoms with Gasteiger partial charge in [0.25, 0.3) is 0 Å². The maximum atomic E-state index is 13.1. The van der Waals surface area contributed by atoms with Crippen LogP contribution < -0.4 is 4.74 Å². The lowest BCUT2D eigenvalue weighted by molar-refractivity contribution is -0.0115. The molecule has 184 valence electrons. The average Bonchev–Trinajstić information content (AvgIpc) is 2.91. The van der Waals surface area contributed by atoms with Crippen molar-refractivity contribution in [3.63, 3.8) is 0 Å². The van der Waals surface area contributed by atoms with Crippen molar-refractivity contribution >= 4 is 38.6 Å². The SMILES string of the molecule is CC1CCC2C(C1)c1c(c3ccccc3c3nc4cc(C(=O)c5ccccc5)ccc4nc13)OC2(C)C. The largest absolute Gasteiger partial charge is 0.487 e. The van der Waals surface area contributed by atoms with Gasteiger partial charge in [-0.3, -0.25) is 4.79 Å². The highest BCUT2D eigenvalue weighted by molar-refractivity contribution is 6.13. The molecule has 4 heteroatoms. The average molecular weight is 487 g/mol. The van der Waals surface area contributed by atoms with Crippen molar-refractivity contribution in [1.29, 1.82) is 0 Å². The van der Waals surface area contributed by atoms with E-state index in [1.165, 1.54) is 18.4 Å². The Morgan fingerprint density at radius 1 is 0.838 bits per heavy atom. The first-order valence-corrected chi connectivity index (χ1v) is 13.4. The van der Waals surface area contributed by atoms with Crippen molar-refractivity contribution < 1.29 is 9.53 Å². The van der Waals surface area contributed by atoms with Crippen LogP contribution in [0.3, 0.4) is 0 Å². The fraction of sp³-hybridized carbons (Fsp3) is 0.303. The summed E-state index contributed by atoms with van der Waals surface area (Å²) in [5, 5.41) is 2.14. The summed E-state index contributed by atoms with van der Waals surface area (Å²) in [7, 11) is 0. The number of rotatable bonds is 2. The standard InChI is InChI=1S/C33H30N2O2/c1-19-13-15-25-24(17-19)28-30-29(22-11-7-8-12-23(22)32(28)37-33(25,2)3)35-27-18-21(14-16-26(27)34-30)31(36)20-9-5-4-6-10-20/h4-12,14,16,18-19,24-25H,13,15,17H2,1-3H3. The second kappa shape index (κ2) is 8.11. The number of benzene rings is 4. The van der Waals surface area contributed by atoms with E-state index in [1.54, 1.807) is 0 Å². The number of hydrogen-bond acceptors (Lipinski definition) is 4. The zero-order valence-corrected chi connectivity index (χ0v) is 21.5. The number of ketones is 1. The van der Waals surface area contributed by atoms with E-state index in [2.05, 4.69) is 45.0 Å². The van der Waals surface area contributed by atoms with E-state index in [4.69, 9.17) is 14.7 Å². The summed E-state index contributed by atoms with van der Waals surface area (Å²) in [5.74, 6) is 2.48. The molecule has 0 radical (unpaired) electrons. The molecule has 0 N–H and O–H groups in total. The number of carbonyl (C=O) groups excluding carboxylic acids is 1. The molecule has 2 aliphatic rings. The molecule has 0 bridgehead atoms. The molecule has 0 amide bonds. The highest BCUT2D eigenvalue weighted by Crippen LogP contribution is 2.56. The molecule has 2 heterocycles. The first-order chi connectivity index (χ1) is 17.9. The van der Waals surface area contributed by atoms with Crippen LogP contribution in [0.2, 0.25) is 0 Å². The molecule has 1 aromatic heterocycles. The zero-order chi connectivity index (χ0) is 25.3. The second-order valence-electron chi connectivity index (χ2n) is 11.4. The van der Waals surface area contributed by atoms with Crippen LogP contribution in [0, 0.1) is 11.8 Å². The van der Waals surface area contributed by atoms with Crippen molar-refractivity contribution in [2.75, 3.05) is 0 Å². The van der Waals surface area contributed by atoms with E-state index in [0.29, 0.717) is 28.9 Å². The molecule has 5 aromatic rings. The first-order valence-electron chi connectivity index (χ1n) is 13.4. The smallest absolute Gasteiger partial charge is 0.193 e. The van der Waals surface area contributed by atoms with Crippen molar-refractivity contribution in [2.24, 2.45) is 11.8 Å². The van der Waals surface area contributed by atoms with Gasteiger partial charge in [-0.1, -0.05) is 67.9 Å².